The summed E-state index contributed by atoms with van der Waals surface area (Å²) in [5, 5.41) is 0.0671. The molecule has 0 unspecified atom stereocenters. The Hall–Kier alpha value is -1.10. The topological polar surface area (TPSA) is 30.0 Å². The standard InChI is InChI=1S/C8H5ClF3NO/c9-7-3-1-2-5(13-7)4-6(14)8(10,11)12/h1-3H,4H2. The van der Waals surface area contributed by atoms with Crippen molar-refractivity contribution in [2.75, 3.05) is 0 Å². The molecule has 0 aliphatic rings. The zero-order valence-corrected chi connectivity index (χ0v) is 7.56. The molecule has 1 rings (SSSR count). The van der Waals surface area contributed by atoms with Crippen molar-refractivity contribution in [2.45, 2.75) is 12.6 Å². The van der Waals surface area contributed by atoms with E-state index < -0.39 is 18.4 Å². The Labute approximate surface area is 82.7 Å². The van der Waals surface area contributed by atoms with Gasteiger partial charge < -0.3 is 0 Å². The third-order valence-corrected chi connectivity index (χ3v) is 1.64. The Balaban J connectivity index is 2.75. The fraction of sp³-hybridized carbons (Fsp3) is 0.250. The van der Waals surface area contributed by atoms with Crippen LogP contribution in [0.25, 0.3) is 0 Å². The van der Waals surface area contributed by atoms with Crippen molar-refractivity contribution in [3.8, 4) is 0 Å². The van der Waals surface area contributed by atoms with Crippen molar-refractivity contribution in [3.63, 3.8) is 0 Å². The van der Waals surface area contributed by atoms with Crippen molar-refractivity contribution in [3.05, 3.63) is 29.0 Å². The first-order valence-corrected chi connectivity index (χ1v) is 3.99. The fourth-order valence-electron chi connectivity index (χ4n) is 0.813. The van der Waals surface area contributed by atoms with Gasteiger partial charge in [-0.1, -0.05) is 17.7 Å². The lowest BCUT2D eigenvalue weighted by Crippen LogP contribution is -2.24. The molecule has 0 atom stereocenters. The van der Waals surface area contributed by atoms with Crippen molar-refractivity contribution in [2.24, 2.45) is 0 Å². The summed E-state index contributed by atoms with van der Waals surface area (Å²) >= 11 is 5.44. The Kier molecular flexibility index (Phi) is 3.10. The molecule has 0 aliphatic heterocycles. The zero-order chi connectivity index (χ0) is 10.8. The second-order valence-corrected chi connectivity index (χ2v) is 2.94. The van der Waals surface area contributed by atoms with Gasteiger partial charge in [-0.15, -0.1) is 0 Å². The predicted molar refractivity (Wildman–Crippen MR) is 44.0 cm³/mol. The van der Waals surface area contributed by atoms with Gasteiger partial charge in [-0.2, -0.15) is 13.2 Å². The zero-order valence-electron chi connectivity index (χ0n) is 6.81. The minimum atomic E-state index is -4.82. The van der Waals surface area contributed by atoms with Crippen LogP contribution in [0.3, 0.4) is 0 Å². The number of carbonyl (C=O) groups is 1. The summed E-state index contributed by atoms with van der Waals surface area (Å²) < 4.78 is 35.5. The largest absolute Gasteiger partial charge is 0.450 e. The van der Waals surface area contributed by atoms with E-state index in [4.69, 9.17) is 11.6 Å². The van der Waals surface area contributed by atoms with Gasteiger partial charge in [0.15, 0.2) is 0 Å². The Bertz CT molecular complexity index is 351. The first-order chi connectivity index (χ1) is 6.39. The molecule has 0 N–H and O–H groups in total. The van der Waals surface area contributed by atoms with Crippen LogP contribution < -0.4 is 0 Å². The van der Waals surface area contributed by atoms with Gasteiger partial charge in [0.25, 0.3) is 0 Å². The molecule has 1 heterocycles. The third kappa shape index (κ3) is 2.99. The van der Waals surface area contributed by atoms with Gasteiger partial charge in [0, 0.05) is 5.69 Å². The van der Waals surface area contributed by atoms with Crippen LogP contribution in [-0.2, 0) is 11.2 Å². The second kappa shape index (κ2) is 3.96. The minimum absolute atomic E-state index is 0.0137. The molecule has 0 saturated carbocycles. The van der Waals surface area contributed by atoms with E-state index in [-0.39, 0.29) is 10.8 Å². The second-order valence-electron chi connectivity index (χ2n) is 2.55. The van der Waals surface area contributed by atoms with E-state index in [0.717, 1.165) is 0 Å². The third-order valence-electron chi connectivity index (χ3n) is 1.43. The number of hydrogen-bond acceptors (Lipinski definition) is 2. The molecule has 0 amide bonds. The van der Waals surface area contributed by atoms with Crippen molar-refractivity contribution in [1.82, 2.24) is 4.98 Å². The predicted octanol–water partition coefficient (Wildman–Crippen LogP) is 2.41. The Morgan fingerprint density at radius 3 is 2.57 bits per heavy atom. The van der Waals surface area contributed by atoms with E-state index in [1.165, 1.54) is 18.2 Å². The van der Waals surface area contributed by atoms with Crippen LogP contribution >= 0.6 is 11.6 Å². The van der Waals surface area contributed by atoms with E-state index >= 15 is 0 Å². The molecule has 0 aliphatic carbocycles. The van der Waals surface area contributed by atoms with E-state index in [1.807, 2.05) is 0 Å². The maximum Gasteiger partial charge on any atom is 0.450 e. The molecule has 0 spiro atoms. The number of carbonyl (C=O) groups excluding carboxylic acids is 1. The number of rotatable bonds is 2. The molecule has 1 aromatic heterocycles. The van der Waals surface area contributed by atoms with Crippen LogP contribution in [0, 0.1) is 0 Å². The van der Waals surface area contributed by atoms with E-state index in [1.54, 1.807) is 0 Å². The van der Waals surface area contributed by atoms with E-state index in [2.05, 4.69) is 4.98 Å². The summed E-state index contributed by atoms with van der Waals surface area (Å²) in [5.74, 6) is -1.83. The van der Waals surface area contributed by atoms with Crippen LogP contribution in [0.1, 0.15) is 5.69 Å². The number of aromatic nitrogens is 1. The number of nitrogens with zero attached hydrogens (tertiary/aromatic N) is 1. The SMILES string of the molecule is O=C(Cc1cccc(Cl)n1)C(F)(F)F. The Morgan fingerprint density at radius 1 is 1.43 bits per heavy atom. The van der Waals surface area contributed by atoms with Crippen LogP contribution in [0.2, 0.25) is 5.15 Å². The van der Waals surface area contributed by atoms with Crippen LogP contribution in [0.5, 0.6) is 0 Å². The highest BCUT2D eigenvalue weighted by atomic mass is 35.5. The molecule has 2 nitrogen and oxygen atoms in total. The number of alkyl halides is 3. The van der Waals surface area contributed by atoms with E-state index in [9.17, 15) is 18.0 Å². The molecule has 76 valence electrons. The maximum atomic E-state index is 11.8. The summed E-state index contributed by atoms with van der Waals surface area (Å²) in [5.41, 5.74) is 0.0137. The van der Waals surface area contributed by atoms with Crippen molar-refractivity contribution in [1.29, 1.82) is 0 Å². The lowest BCUT2D eigenvalue weighted by atomic mass is 10.2. The quantitative estimate of drug-likeness (QED) is 0.721. The number of ketones is 1. The summed E-state index contributed by atoms with van der Waals surface area (Å²) in [6.07, 6.45) is -5.59. The molecule has 0 saturated heterocycles. The van der Waals surface area contributed by atoms with Crippen LogP contribution in [-0.4, -0.2) is 16.9 Å². The monoisotopic (exact) mass is 223 g/mol. The number of Topliss-reactive ketones (excluding diaryl/α,β-unsaturated/α-hetero) is 1. The van der Waals surface area contributed by atoms with Crippen LogP contribution in [0.4, 0.5) is 13.2 Å². The van der Waals surface area contributed by atoms with Gasteiger partial charge in [0.05, 0.1) is 6.42 Å². The average molecular weight is 224 g/mol. The maximum absolute atomic E-state index is 11.8. The lowest BCUT2D eigenvalue weighted by molar-refractivity contribution is -0.170. The first kappa shape index (κ1) is 11.0. The highest BCUT2D eigenvalue weighted by molar-refractivity contribution is 6.29. The molecular weight excluding hydrogens is 219 g/mol. The molecule has 1 aromatic rings. The summed E-state index contributed by atoms with van der Waals surface area (Å²) in [6, 6.07) is 4.17. The smallest absolute Gasteiger partial charge is 0.289 e. The molecule has 6 heteroatoms. The van der Waals surface area contributed by atoms with Crippen LogP contribution in [0.15, 0.2) is 18.2 Å². The number of hydrogen-bond donors (Lipinski definition) is 0. The van der Waals surface area contributed by atoms with Gasteiger partial charge >= 0.3 is 6.18 Å². The highest BCUT2D eigenvalue weighted by Gasteiger charge is 2.37. The summed E-state index contributed by atoms with van der Waals surface area (Å²) in [7, 11) is 0. The normalized spacial score (nSPS) is 11.4. The lowest BCUT2D eigenvalue weighted by Gasteiger charge is -2.04. The van der Waals surface area contributed by atoms with E-state index in [0.29, 0.717) is 0 Å². The minimum Gasteiger partial charge on any atom is -0.289 e. The summed E-state index contributed by atoms with van der Waals surface area (Å²) in [4.78, 5) is 14.1. The molecule has 14 heavy (non-hydrogen) atoms. The molecular formula is C8H5ClF3NO. The van der Waals surface area contributed by atoms with Gasteiger partial charge in [-0.05, 0) is 12.1 Å². The molecule has 0 radical (unpaired) electrons. The Morgan fingerprint density at radius 2 is 2.07 bits per heavy atom. The fourth-order valence-corrected chi connectivity index (χ4v) is 0.995. The molecule has 0 aromatic carbocycles. The van der Waals surface area contributed by atoms with Gasteiger partial charge in [0.1, 0.15) is 5.15 Å². The number of pyridine rings is 1. The van der Waals surface area contributed by atoms with Crippen molar-refractivity contribution < 1.29 is 18.0 Å². The van der Waals surface area contributed by atoms with Gasteiger partial charge in [-0.25, -0.2) is 4.98 Å². The van der Waals surface area contributed by atoms with Gasteiger partial charge in [-0.3, -0.25) is 4.79 Å². The average Bonchev–Trinajstić information content (AvgIpc) is 2.02. The molecule has 0 bridgehead atoms. The summed E-state index contributed by atoms with van der Waals surface area (Å²) in [6.45, 7) is 0. The number of halogens is 4. The van der Waals surface area contributed by atoms with Crippen molar-refractivity contribution >= 4 is 17.4 Å². The first-order valence-electron chi connectivity index (χ1n) is 3.61. The van der Waals surface area contributed by atoms with Gasteiger partial charge in [0.2, 0.25) is 5.78 Å². The highest BCUT2D eigenvalue weighted by Crippen LogP contribution is 2.18. The molecule has 0 fully saturated rings.